The molecule has 0 aliphatic carbocycles. The first-order valence-corrected chi connectivity index (χ1v) is 12.6. The smallest absolute Gasteiger partial charge is 0.332 e. The molecule has 12 heteroatoms. The van der Waals surface area contributed by atoms with E-state index >= 15 is 0 Å². The first-order valence-electron chi connectivity index (χ1n) is 10.5. The Balaban J connectivity index is 1.60. The van der Waals surface area contributed by atoms with E-state index in [1.165, 1.54) is 18.3 Å². The van der Waals surface area contributed by atoms with Crippen molar-refractivity contribution in [1.29, 1.82) is 0 Å². The fourth-order valence-corrected chi connectivity index (χ4v) is 4.46. The zero-order chi connectivity index (χ0) is 26.7. The minimum absolute atomic E-state index is 0.00629. The molecule has 0 bridgehead atoms. The molecule has 0 atom stereocenters. The Morgan fingerprint density at radius 3 is 2.43 bits per heavy atom. The Morgan fingerprint density at radius 2 is 1.81 bits per heavy atom. The van der Waals surface area contributed by atoms with Gasteiger partial charge >= 0.3 is 10.2 Å². The molecule has 0 spiro atoms. The van der Waals surface area contributed by atoms with Gasteiger partial charge in [0.1, 0.15) is 12.1 Å². The molecule has 0 unspecified atom stereocenters. The van der Waals surface area contributed by atoms with Gasteiger partial charge in [-0.25, -0.2) is 4.98 Å². The number of hydrogen-bond donors (Lipinski definition) is 2. The van der Waals surface area contributed by atoms with Crippen molar-refractivity contribution in [2.24, 2.45) is 0 Å². The van der Waals surface area contributed by atoms with Gasteiger partial charge in [-0.05, 0) is 42.0 Å². The third-order valence-corrected chi connectivity index (χ3v) is 6.63. The number of benzene rings is 2. The highest BCUT2D eigenvalue weighted by Gasteiger charge is 2.17. The largest absolute Gasteiger partial charge is 0.486 e. The van der Waals surface area contributed by atoms with E-state index in [0.29, 0.717) is 27.9 Å². The molecule has 0 saturated carbocycles. The van der Waals surface area contributed by atoms with E-state index < -0.39 is 21.0 Å². The van der Waals surface area contributed by atoms with Crippen LogP contribution in [0.15, 0.2) is 59.6 Å². The van der Waals surface area contributed by atoms with Crippen LogP contribution in [0.1, 0.15) is 15.9 Å². The number of anilines is 1. The van der Waals surface area contributed by atoms with Gasteiger partial charge in [-0.2, -0.15) is 8.42 Å². The van der Waals surface area contributed by atoms with E-state index in [4.69, 9.17) is 40.1 Å². The third-order valence-electron chi connectivity index (χ3n) is 5.23. The summed E-state index contributed by atoms with van der Waals surface area (Å²) in [6.45, 7) is 0.0480. The molecule has 0 fully saturated rings. The number of aromatic nitrogens is 2. The summed E-state index contributed by atoms with van der Waals surface area (Å²) < 4.78 is 40.7. The highest BCUT2D eigenvalue weighted by molar-refractivity contribution is 7.86. The van der Waals surface area contributed by atoms with E-state index in [0.717, 1.165) is 12.1 Å². The number of nitrogens with two attached hydrogens (primary N) is 1. The second kappa shape index (κ2) is 10.6. The van der Waals surface area contributed by atoms with Gasteiger partial charge in [0, 0.05) is 11.8 Å². The second-order valence-corrected chi connectivity index (χ2v) is 9.84. The Labute approximate surface area is 221 Å². The molecule has 0 radical (unpaired) electrons. The third kappa shape index (κ3) is 5.75. The second-order valence-electron chi connectivity index (χ2n) is 7.68. The molecule has 0 saturated heterocycles. The number of nitrogens with one attached hydrogen (secondary N) is 1. The van der Waals surface area contributed by atoms with Gasteiger partial charge in [-0.15, -0.1) is 10.3 Å². The predicted molar refractivity (Wildman–Crippen MR) is 140 cm³/mol. The quantitative estimate of drug-likeness (QED) is 0.247. The van der Waals surface area contributed by atoms with E-state index in [1.807, 2.05) is 0 Å². The zero-order valence-electron chi connectivity index (χ0n) is 18.8. The number of carbonyl (C=O) groups is 1. The number of amides is 1. The maximum Gasteiger partial charge on any atom is 0.332 e. The molecule has 4 rings (SSSR count). The molecule has 2 aromatic heterocycles. The van der Waals surface area contributed by atoms with Crippen LogP contribution in [0.25, 0.3) is 22.3 Å². The Hall–Kier alpha value is -3.91. The van der Waals surface area contributed by atoms with Gasteiger partial charge in [0.2, 0.25) is 0 Å². The fourth-order valence-electron chi connectivity index (χ4n) is 3.40. The van der Waals surface area contributed by atoms with Gasteiger partial charge < -0.3 is 15.8 Å². The Bertz CT molecular complexity index is 1650. The average molecular weight is 559 g/mol. The fraction of sp³-hybridized carbons (Fsp3) is 0.0800. The first-order chi connectivity index (χ1) is 17.6. The van der Waals surface area contributed by atoms with Crippen LogP contribution in [0, 0.1) is 12.3 Å². The first kappa shape index (κ1) is 26.2. The zero-order valence-corrected chi connectivity index (χ0v) is 21.2. The highest BCUT2D eigenvalue weighted by Crippen LogP contribution is 2.38. The molecule has 0 aliphatic heterocycles. The molecule has 4 aromatic rings. The molecule has 37 heavy (non-hydrogen) atoms. The molecule has 3 N–H and O–H groups in total. The Kier molecular flexibility index (Phi) is 7.50. The number of halogens is 3. The molecular formula is C25H17Cl2FN4O4S. The van der Waals surface area contributed by atoms with Crippen LogP contribution in [-0.2, 0) is 16.8 Å². The van der Waals surface area contributed by atoms with Gasteiger partial charge in [-0.3, -0.25) is 9.78 Å². The van der Waals surface area contributed by atoms with E-state index in [1.54, 1.807) is 24.3 Å². The minimum Gasteiger partial charge on any atom is -0.486 e. The maximum absolute atomic E-state index is 13.1. The van der Waals surface area contributed by atoms with Gasteiger partial charge in [0.05, 0.1) is 43.9 Å². The monoisotopic (exact) mass is 558 g/mol. The lowest BCUT2D eigenvalue weighted by Crippen LogP contribution is -2.24. The van der Waals surface area contributed by atoms with E-state index in [9.17, 15) is 17.1 Å². The number of ether oxygens (including phenoxy) is 1. The summed E-state index contributed by atoms with van der Waals surface area (Å²) in [4.78, 5) is 20.7. The molecule has 1 amide bonds. The van der Waals surface area contributed by atoms with Crippen molar-refractivity contribution in [2.45, 2.75) is 11.5 Å². The van der Waals surface area contributed by atoms with Crippen molar-refractivity contribution in [3.05, 3.63) is 75.9 Å². The number of nitrogen functional groups attached to an aromatic ring is 1. The van der Waals surface area contributed by atoms with Crippen molar-refractivity contribution in [2.75, 3.05) is 12.3 Å². The number of rotatable bonds is 7. The van der Waals surface area contributed by atoms with Crippen molar-refractivity contribution < 1.29 is 21.8 Å². The predicted octanol–water partition coefficient (Wildman–Crippen LogP) is 4.79. The number of pyridine rings is 2. The molecule has 188 valence electrons. The topological polar surface area (TPSA) is 124 Å². The van der Waals surface area contributed by atoms with Crippen molar-refractivity contribution in [1.82, 2.24) is 15.3 Å². The van der Waals surface area contributed by atoms with Gasteiger partial charge in [-0.1, -0.05) is 41.3 Å². The molecule has 0 aliphatic rings. The molecule has 2 heterocycles. The number of carbonyl (C=O) groups excluding carboxylic acids is 1. The van der Waals surface area contributed by atoms with Crippen LogP contribution in [0.5, 0.6) is 5.75 Å². The van der Waals surface area contributed by atoms with Crippen LogP contribution in [0.4, 0.5) is 9.57 Å². The summed E-state index contributed by atoms with van der Waals surface area (Å²) in [7, 11) is -4.79. The standard InChI is InChI=1S/C25H17Cl2FN4O4S/c1-2-9-30-25(33)17-12-31-21-8-7-20(32-23(21)22(17)29)15-10-18(26)24(19(27)11-15)36-13-14-3-5-16(6-4-14)37(28,34)35/h1,3-8,10-12H,9,13H2,(H2,29,31)(H,30,33). The van der Waals surface area contributed by atoms with Crippen LogP contribution in [0.3, 0.4) is 0 Å². The normalized spacial score (nSPS) is 11.2. The average Bonchev–Trinajstić information content (AvgIpc) is 2.86. The molecule has 2 aromatic carbocycles. The van der Waals surface area contributed by atoms with E-state index in [-0.39, 0.29) is 40.2 Å². The van der Waals surface area contributed by atoms with Crippen molar-refractivity contribution >= 4 is 56.1 Å². The Morgan fingerprint density at radius 1 is 1.14 bits per heavy atom. The van der Waals surface area contributed by atoms with Gasteiger partial charge in [0.15, 0.2) is 5.75 Å². The summed E-state index contributed by atoms with van der Waals surface area (Å²) in [6, 6.07) is 11.7. The summed E-state index contributed by atoms with van der Waals surface area (Å²) in [5, 5.41) is 2.93. The number of fused-ring (bicyclic) bond motifs is 1. The van der Waals surface area contributed by atoms with Crippen molar-refractivity contribution in [3.8, 4) is 29.4 Å². The summed E-state index contributed by atoms with van der Waals surface area (Å²) in [5.74, 6) is 2.05. The van der Waals surface area contributed by atoms with Crippen LogP contribution in [-0.4, -0.2) is 30.8 Å². The SMILES string of the molecule is C#CCNC(=O)c1cnc2ccc(-c3cc(Cl)c(OCc4ccc(S(=O)(=O)F)cc4)c(Cl)c3)nc2c1N. The highest BCUT2D eigenvalue weighted by atomic mass is 35.5. The van der Waals surface area contributed by atoms with Crippen LogP contribution >= 0.6 is 23.2 Å². The number of hydrogen-bond acceptors (Lipinski definition) is 7. The number of terminal acetylenes is 1. The van der Waals surface area contributed by atoms with Crippen molar-refractivity contribution in [3.63, 3.8) is 0 Å². The molecule has 8 nitrogen and oxygen atoms in total. The molecular weight excluding hydrogens is 542 g/mol. The number of nitrogens with zero attached hydrogens (tertiary/aromatic N) is 2. The van der Waals surface area contributed by atoms with Gasteiger partial charge in [0.25, 0.3) is 5.91 Å². The lowest BCUT2D eigenvalue weighted by atomic mass is 10.1. The van der Waals surface area contributed by atoms with Crippen LogP contribution in [0.2, 0.25) is 10.0 Å². The minimum atomic E-state index is -4.79. The van der Waals surface area contributed by atoms with Crippen LogP contribution < -0.4 is 15.8 Å². The van der Waals surface area contributed by atoms with E-state index in [2.05, 4.69) is 21.2 Å². The summed E-state index contributed by atoms with van der Waals surface area (Å²) in [6.07, 6.45) is 6.54. The summed E-state index contributed by atoms with van der Waals surface area (Å²) >= 11 is 12.9. The maximum atomic E-state index is 13.1. The lowest BCUT2D eigenvalue weighted by Gasteiger charge is -2.13. The summed E-state index contributed by atoms with van der Waals surface area (Å²) in [5.41, 5.74) is 8.90. The lowest BCUT2D eigenvalue weighted by molar-refractivity contribution is 0.0959.